The van der Waals surface area contributed by atoms with Gasteiger partial charge in [-0.3, -0.25) is 0 Å². The Kier molecular flexibility index (Phi) is 3.14. The fourth-order valence-corrected chi connectivity index (χ4v) is 4.52. The lowest BCUT2D eigenvalue weighted by Gasteiger charge is -2.16. The number of pyridine rings is 1. The molecular formula is C23H20N3O+. The Bertz CT molecular complexity index is 1440. The van der Waals surface area contributed by atoms with Crippen LogP contribution >= 0.6 is 0 Å². The van der Waals surface area contributed by atoms with Crippen molar-refractivity contribution in [1.82, 2.24) is 4.57 Å². The van der Waals surface area contributed by atoms with Crippen molar-refractivity contribution in [3.05, 3.63) is 53.3 Å². The Balaban J connectivity index is 2.13. The molecule has 3 aromatic heterocycles. The minimum atomic E-state index is 0.379. The van der Waals surface area contributed by atoms with Crippen molar-refractivity contribution in [3.8, 4) is 6.07 Å². The molecule has 27 heavy (non-hydrogen) atoms. The zero-order chi connectivity index (χ0) is 18.9. The minimum Gasteiger partial charge on any atom is -0.455 e. The highest BCUT2D eigenvalue weighted by Gasteiger charge is 2.22. The number of hydrogen-bond acceptors (Lipinski definition) is 2. The number of rotatable bonds is 1. The van der Waals surface area contributed by atoms with Crippen LogP contribution in [0.4, 0.5) is 0 Å². The number of aromatic nitrogens is 2. The van der Waals surface area contributed by atoms with Crippen LogP contribution in [0.25, 0.3) is 43.7 Å². The quantitative estimate of drug-likeness (QED) is 0.248. The van der Waals surface area contributed by atoms with E-state index in [-0.39, 0.29) is 0 Å². The summed E-state index contributed by atoms with van der Waals surface area (Å²) in [5.74, 6) is 0. The summed E-state index contributed by atoms with van der Waals surface area (Å²) in [6, 6.07) is 10.6. The number of benzene rings is 2. The van der Waals surface area contributed by atoms with E-state index in [0.29, 0.717) is 6.42 Å². The van der Waals surface area contributed by atoms with Crippen LogP contribution in [0.3, 0.4) is 0 Å². The van der Waals surface area contributed by atoms with Gasteiger partial charge in [0.25, 0.3) is 0 Å². The van der Waals surface area contributed by atoms with Gasteiger partial charge in [0, 0.05) is 30.1 Å². The van der Waals surface area contributed by atoms with Gasteiger partial charge in [0.05, 0.1) is 29.0 Å². The van der Waals surface area contributed by atoms with Crippen LogP contribution in [-0.4, -0.2) is 4.57 Å². The Hall–Kier alpha value is -3.32. The monoisotopic (exact) mass is 354 g/mol. The van der Waals surface area contributed by atoms with E-state index in [1.807, 2.05) is 6.07 Å². The average Bonchev–Trinajstić information content (AvgIpc) is 3.04. The van der Waals surface area contributed by atoms with Gasteiger partial charge in [-0.15, -0.1) is 0 Å². The molecule has 132 valence electrons. The zero-order valence-electron chi connectivity index (χ0n) is 15.9. The van der Waals surface area contributed by atoms with Gasteiger partial charge in [-0.1, -0.05) is 0 Å². The van der Waals surface area contributed by atoms with Crippen molar-refractivity contribution in [1.29, 1.82) is 5.26 Å². The van der Waals surface area contributed by atoms with Crippen molar-refractivity contribution in [2.24, 2.45) is 14.1 Å². The molecule has 0 unspecified atom stereocenters. The first-order valence-electron chi connectivity index (χ1n) is 9.10. The van der Waals surface area contributed by atoms with Crippen LogP contribution in [0.5, 0.6) is 0 Å². The van der Waals surface area contributed by atoms with E-state index in [4.69, 9.17) is 9.68 Å². The molecule has 3 heterocycles. The first-order chi connectivity index (χ1) is 13.0. The molecule has 5 aromatic rings. The SMILES string of the molecule is Cc1c2cc[n+](C)c2c(C)c2oc3cc(CC#N)cc4ccn(C)c(c12)c43. The smallest absolute Gasteiger partial charge is 0.219 e. The highest BCUT2D eigenvalue weighted by Crippen LogP contribution is 2.39. The number of fused-ring (bicyclic) bond motifs is 3. The van der Waals surface area contributed by atoms with Crippen molar-refractivity contribution in [3.63, 3.8) is 0 Å². The summed E-state index contributed by atoms with van der Waals surface area (Å²) >= 11 is 0. The van der Waals surface area contributed by atoms with Crippen molar-refractivity contribution < 1.29 is 8.98 Å². The Labute approximate surface area is 156 Å². The van der Waals surface area contributed by atoms with Crippen LogP contribution in [-0.2, 0) is 20.5 Å². The van der Waals surface area contributed by atoms with E-state index in [9.17, 15) is 0 Å². The van der Waals surface area contributed by atoms with E-state index < -0.39 is 0 Å². The van der Waals surface area contributed by atoms with E-state index in [1.54, 1.807) is 0 Å². The van der Waals surface area contributed by atoms with Gasteiger partial charge in [-0.05, 0) is 48.6 Å². The Morgan fingerprint density at radius 3 is 2.74 bits per heavy atom. The van der Waals surface area contributed by atoms with Crippen LogP contribution in [0, 0.1) is 25.2 Å². The zero-order valence-corrected chi connectivity index (χ0v) is 15.9. The molecular weight excluding hydrogens is 334 g/mol. The fourth-order valence-electron chi connectivity index (χ4n) is 4.52. The van der Waals surface area contributed by atoms with Gasteiger partial charge < -0.3 is 8.98 Å². The molecule has 5 rings (SSSR count). The molecule has 4 nitrogen and oxygen atoms in total. The lowest BCUT2D eigenvalue weighted by atomic mass is 9.96. The lowest BCUT2D eigenvalue weighted by Crippen LogP contribution is -2.25. The second-order valence-corrected chi connectivity index (χ2v) is 7.41. The van der Waals surface area contributed by atoms with Gasteiger partial charge in [0.1, 0.15) is 18.2 Å². The third-order valence-electron chi connectivity index (χ3n) is 5.77. The molecule has 0 radical (unpaired) electrons. The van der Waals surface area contributed by atoms with E-state index in [0.717, 1.165) is 33.1 Å². The molecule has 0 bridgehead atoms. The van der Waals surface area contributed by atoms with E-state index in [1.165, 1.54) is 27.4 Å². The van der Waals surface area contributed by atoms with Crippen LogP contribution in [0.2, 0.25) is 0 Å². The molecule has 0 N–H and O–H groups in total. The summed E-state index contributed by atoms with van der Waals surface area (Å²) in [5, 5.41) is 13.8. The highest BCUT2D eigenvalue weighted by atomic mass is 16.3. The third-order valence-corrected chi connectivity index (χ3v) is 5.77. The van der Waals surface area contributed by atoms with Crippen molar-refractivity contribution in [2.45, 2.75) is 20.3 Å². The number of hydrogen-bond donors (Lipinski definition) is 0. The topological polar surface area (TPSA) is 45.7 Å². The van der Waals surface area contributed by atoms with Gasteiger partial charge in [0.2, 0.25) is 5.52 Å². The van der Waals surface area contributed by atoms with Gasteiger partial charge in [0.15, 0.2) is 6.20 Å². The van der Waals surface area contributed by atoms with Crippen molar-refractivity contribution >= 4 is 43.7 Å². The second-order valence-electron chi connectivity index (χ2n) is 7.41. The maximum atomic E-state index is 9.13. The molecule has 0 aliphatic heterocycles. The molecule has 2 aromatic carbocycles. The highest BCUT2D eigenvalue weighted by molar-refractivity contribution is 6.19. The fraction of sp³-hybridized carbons (Fsp3) is 0.217. The standard InChI is InChI=1S/C23H20N3O/c1-13-17-7-10-25(3)21(17)14(2)23-19(13)22-20-16(6-9-26(22)4)11-15(5-8-24)12-18(20)27-23/h6-7,9-12H,5H2,1-4H3/q+1. The summed E-state index contributed by atoms with van der Waals surface area (Å²) in [5.41, 5.74) is 7.51. The molecule has 0 fully saturated rings. The number of nitrogens with zero attached hydrogens (tertiary/aromatic N) is 3. The van der Waals surface area contributed by atoms with Gasteiger partial charge in [-0.25, -0.2) is 4.57 Å². The Morgan fingerprint density at radius 1 is 1.15 bits per heavy atom. The molecule has 0 saturated carbocycles. The minimum absolute atomic E-state index is 0.379. The first-order valence-corrected chi connectivity index (χ1v) is 9.10. The van der Waals surface area contributed by atoms with Gasteiger partial charge in [-0.2, -0.15) is 5.26 Å². The largest absolute Gasteiger partial charge is 0.455 e. The van der Waals surface area contributed by atoms with Crippen molar-refractivity contribution in [2.75, 3.05) is 0 Å². The maximum absolute atomic E-state index is 9.13. The molecule has 0 aliphatic rings. The van der Waals surface area contributed by atoms with Crippen LogP contribution in [0.15, 0.2) is 41.1 Å². The molecule has 0 saturated heterocycles. The summed E-state index contributed by atoms with van der Waals surface area (Å²) in [6.07, 6.45) is 4.58. The predicted octanol–water partition coefficient (Wildman–Crippen LogP) is 4.74. The summed E-state index contributed by atoms with van der Waals surface area (Å²) < 4.78 is 10.8. The van der Waals surface area contributed by atoms with Crippen LogP contribution in [0.1, 0.15) is 16.7 Å². The molecule has 0 amide bonds. The Morgan fingerprint density at radius 2 is 1.96 bits per heavy atom. The number of aryl methyl sites for hydroxylation is 4. The third kappa shape index (κ3) is 2.00. The average molecular weight is 354 g/mol. The van der Waals surface area contributed by atoms with Crippen LogP contribution < -0.4 is 4.57 Å². The lowest BCUT2D eigenvalue weighted by molar-refractivity contribution is -0.642. The molecule has 0 aliphatic carbocycles. The second kappa shape index (κ2) is 5.34. The molecule has 0 atom stereocenters. The predicted molar refractivity (Wildman–Crippen MR) is 108 cm³/mol. The normalized spacial score (nSPS) is 11.8. The van der Waals surface area contributed by atoms with E-state index in [2.05, 4.69) is 73.7 Å². The van der Waals surface area contributed by atoms with E-state index >= 15 is 0 Å². The summed E-state index contributed by atoms with van der Waals surface area (Å²) in [7, 11) is 4.16. The van der Waals surface area contributed by atoms with Gasteiger partial charge >= 0.3 is 0 Å². The molecule has 0 spiro atoms. The summed E-state index contributed by atoms with van der Waals surface area (Å²) in [6.45, 7) is 4.31. The maximum Gasteiger partial charge on any atom is 0.219 e. The summed E-state index contributed by atoms with van der Waals surface area (Å²) in [4.78, 5) is 0. The number of nitriles is 1. The first kappa shape index (κ1) is 15.9. The molecule has 4 heteroatoms.